The zero-order valence-electron chi connectivity index (χ0n) is 12.6. The van der Waals surface area contributed by atoms with Gasteiger partial charge in [-0.1, -0.05) is 30.0 Å². The van der Waals surface area contributed by atoms with Gasteiger partial charge in [0.1, 0.15) is 0 Å². The predicted octanol–water partition coefficient (Wildman–Crippen LogP) is 0.910. The van der Waals surface area contributed by atoms with E-state index in [-0.39, 0.29) is 34.3 Å². The second kappa shape index (κ2) is 5.68. The van der Waals surface area contributed by atoms with Gasteiger partial charge >= 0.3 is 0 Å². The van der Waals surface area contributed by atoms with Gasteiger partial charge in [0.2, 0.25) is 11.9 Å². The number of aromatic amines is 2. The number of H-pyrrole nitrogens is 2. The van der Waals surface area contributed by atoms with E-state index in [9.17, 15) is 9.59 Å². The van der Waals surface area contributed by atoms with E-state index in [1.165, 1.54) is 17.3 Å². The Morgan fingerprint density at radius 3 is 3.00 bits per heavy atom. The molecule has 0 bridgehead atoms. The number of anilines is 2. The van der Waals surface area contributed by atoms with Crippen LogP contribution in [0, 0.1) is 0 Å². The monoisotopic (exact) mass is 342 g/mol. The number of benzene rings is 1. The van der Waals surface area contributed by atoms with Crippen LogP contribution in [0.3, 0.4) is 0 Å². The van der Waals surface area contributed by atoms with Gasteiger partial charge in [-0.15, -0.1) is 0 Å². The number of para-hydroxylation sites is 1. The summed E-state index contributed by atoms with van der Waals surface area (Å²) in [6.07, 6.45) is 0.871. The average Bonchev–Trinajstić information content (AvgIpc) is 3.16. The SMILES string of the molecule is Nc1nc2nc(SCC(=O)N3CCc4ccccc43)[nH]c2c(=O)[nH]1. The van der Waals surface area contributed by atoms with Gasteiger partial charge in [-0.2, -0.15) is 4.98 Å². The molecule has 1 amide bonds. The molecule has 3 heterocycles. The highest BCUT2D eigenvalue weighted by molar-refractivity contribution is 7.99. The molecule has 1 aliphatic heterocycles. The van der Waals surface area contributed by atoms with Crippen molar-refractivity contribution in [1.29, 1.82) is 0 Å². The summed E-state index contributed by atoms with van der Waals surface area (Å²) in [6.45, 7) is 0.691. The van der Waals surface area contributed by atoms with Crippen LogP contribution in [0.25, 0.3) is 11.2 Å². The first-order valence-electron chi connectivity index (χ1n) is 7.38. The lowest BCUT2D eigenvalue weighted by molar-refractivity contribution is -0.116. The maximum absolute atomic E-state index is 12.5. The first-order valence-corrected chi connectivity index (χ1v) is 8.37. The zero-order valence-corrected chi connectivity index (χ0v) is 13.4. The Morgan fingerprint density at radius 1 is 1.29 bits per heavy atom. The Bertz CT molecular complexity index is 995. The Balaban J connectivity index is 1.50. The molecule has 0 saturated carbocycles. The van der Waals surface area contributed by atoms with Crippen LogP contribution in [0.2, 0.25) is 0 Å². The van der Waals surface area contributed by atoms with Gasteiger partial charge in [-0.3, -0.25) is 14.6 Å². The smallest absolute Gasteiger partial charge is 0.278 e. The van der Waals surface area contributed by atoms with Crippen LogP contribution in [-0.4, -0.2) is 38.1 Å². The largest absolute Gasteiger partial charge is 0.369 e. The first kappa shape index (κ1) is 14.8. The van der Waals surface area contributed by atoms with E-state index in [0.29, 0.717) is 11.7 Å². The maximum Gasteiger partial charge on any atom is 0.278 e. The third-order valence-corrected chi connectivity index (χ3v) is 4.74. The van der Waals surface area contributed by atoms with Crippen molar-refractivity contribution in [2.75, 3.05) is 22.9 Å². The number of rotatable bonds is 3. The molecule has 0 radical (unpaired) electrons. The molecule has 1 aromatic carbocycles. The van der Waals surface area contributed by atoms with Crippen molar-refractivity contribution in [3.05, 3.63) is 40.2 Å². The predicted molar refractivity (Wildman–Crippen MR) is 92.1 cm³/mol. The highest BCUT2D eigenvalue weighted by Gasteiger charge is 2.24. The molecule has 2 aromatic heterocycles. The standard InChI is InChI=1S/C15H14N6O2S/c16-14-18-12-11(13(23)20-14)17-15(19-12)24-7-10(22)21-6-5-8-3-1-2-4-9(8)21/h1-4H,5-7H2,(H4,16,17,18,19,20,23). The lowest BCUT2D eigenvalue weighted by Gasteiger charge is -2.16. The van der Waals surface area contributed by atoms with Crippen LogP contribution in [-0.2, 0) is 11.2 Å². The summed E-state index contributed by atoms with van der Waals surface area (Å²) >= 11 is 1.24. The Kier molecular flexibility index (Phi) is 3.49. The molecule has 9 heteroatoms. The van der Waals surface area contributed by atoms with Crippen molar-refractivity contribution in [2.45, 2.75) is 11.6 Å². The van der Waals surface area contributed by atoms with Crippen LogP contribution in [0.15, 0.2) is 34.2 Å². The molecular weight excluding hydrogens is 328 g/mol. The molecule has 8 nitrogen and oxygen atoms in total. The third-order valence-electron chi connectivity index (χ3n) is 3.88. The summed E-state index contributed by atoms with van der Waals surface area (Å²) in [5, 5.41) is 0.467. The van der Waals surface area contributed by atoms with E-state index in [4.69, 9.17) is 5.73 Å². The van der Waals surface area contributed by atoms with E-state index in [0.717, 1.165) is 12.1 Å². The number of nitrogens with two attached hydrogens (primary N) is 1. The van der Waals surface area contributed by atoms with Crippen molar-refractivity contribution in [1.82, 2.24) is 19.9 Å². The number of imidazole rings is 1. The molecule has 3 aromatic rings. The number of fused-ring (bicyclic) bond motifs is 2. The van der Waals surface area contributed by atoms with E-state index in [1.807, 2.05) is 24.3 Å². The van der Waals surface area contributed by atoms with Crippen LogP contribution < -0.4 is 16.2 Å². The normalized spacial score (nSPS) is 13.4. The average molecular weight is 342 g/mol. The molecule has 122 valence electrons. The number of hydrogen-bond acceptors (Lipinski definition) is 6. The molecule has 1 aliphatic rings. The van der Waals surface area contributed by atoms with Crippen LogP contribution in [0.4, 0.5) is 11.6 Å². The summed E-state index contributed by atoms with van der Waals surface area (Å²) in [5.41, 5.74) is 7.78. The minimum atomic E-state index is -0.378. The minimum absolute atomic E-state index is 0.00629. The van der Waals surface area contributed by atoms with Crippen molar-refractivity contribution in [2.24, 2.45) is 0 Å². The number of carbonyl (C=O) groups excluding carboxylic acids is 1. The summed E-state index contributed by atoms with van der Waals surface area (Å²) in [4.78, 5) is 39.5. The summed E-state index contributed by atoms with van der Waals surface area (Å²) in [7, 11) is 0. The fraction of sp³-hybridized carbons (Fsp3) is 0.200. The maximum atomic E-state index is 12.5. The third kappa shape index (κ3) is 2.52. The fourth-order valence-corrected chi connectivity index (χ4v) is 3.52. The van der Waals surface area contributed by atoms with Gasteiger partial charge in [0.25, 0.3) is 5.56 Å². The van der Waals surface area contributed by atoms with Crippen molar-refractivity contribution < 1.29 is 4.79 Å². The zero-order chi connectivity index (χ0) is 16.7. The molecule has 0 atom stereocenters. The van der Waals surface area contributed by atoms with E-state index >= 15 is 0 Å². The van der Waals surface area contributed by atoms with Gasteiger partial charge in [-0.25, -0.2) is 4.98 Å². The molecule has 0 fully saturated rings. The number of carbonyl (C=O) groups is 1. The van der Waals surface area contributed by atoms with Gasteiger partial charge < -0.3 is 15.6 Å². The van der Waals surface area contributed by atoms with Crippen molar-refractivity contribution in [3.8, 4) is 0 Å². The van der Waals surface area contributed by atoms with Gasteiger partial charge in [0.15, 0.2) is 16.3 Å². The van der Waals surface area contributed by atoms with Gasteiger partial charge in [0, 0.05) is 12.2 Å². The molecule has 24 heavy (non-hydrogen) atoms. The van der Waals surface area contributed by atoms with Gasteiger partial charge in [-0.05, 0) is 18.1 Å². The van der Waals surface area contributed by atoms with E-state index in [2.05, 4.69) is 19.9 Å². The second-order valence-electron chi connectivity index (χ2n) is 5.40. The Labute approximate surface area is 140 Å². The highest BCUT2D eigenvalue weighted by Crippen LogP contribution is 2.28. The number of nitrogen functional groups attached to an aromatic ring is 1. The summed E-state index contributed by atoms with van der Waals surface area (Å²) < 4.78 is 0. The number of nitrogens with one attached hydrogen (secondary N) is 2. The lowest BCUT2D eigenvalue weighted by Crippen LogP contribution is -2.30. The van der Waals surface area contributed by atoms with E-state index < -0.39 is 0 Å². The number of hydrogen-bond donors (Lipinski definition) is 3. The molecule has 0 saturated heterocycles. The number of aromatic nitrogens is 4. The second-order valence-corrected chi connectivity index (χ2v) is 6.37. The molecular formula is C15H14N6O2S. The fourth-order valence-electron chi connectivity index (χ4n) is 2.78. The molecule has 0 spiro atoms. The van der Waals surface area contributed by atoms with Crippen LogP contribution >= 0.6 is 11.8 Å². The topological polar surface area (TPSA) is 121 Å². The van der Waals surface area contributed by atoms with Crippen molar-refractivity contribution >= 4 is 40.5 Å². The van der Waals surface area contributed by atoms with Crippen LogP contribution in [0.5, 0.6) is 0 Å². The first-order chi connectivity index (χ1) is 11.6. The molecule has 4 rings (SSSR count). The minimum Gasteiger partial charge on any atom is -0.369 e. The highest BCUT2D eigenvalue weighted by atomic mass is 32.2. The number of amides is 1. The molecule has 0 unspecified atom stereocenters. The quantitative estimate of drug-likeness (QED) is 0.608. The summed E-state index contributed by atoms with van der Waals surface area (Å²) in [6, 6.07) is 7.90. The molecule has 0 aliphatic carbocycles. The summed E-state index contributed by atoms with van der Waals surface area (Å²) in [5.74, 6) is 0.244. The molecule has 4 N–H and O–H groups in total. The lowest BCUT2D eigenvalue weighted by atomic mass is 10.2. The Morgan fingerprint density at radius 2 is 2.12 bits per heavy atom. The number of thioether (sulfide) groups is 1. The van der Waals surface area contributed by atoms with E-state index in [1.54, 1.807) is 4.90 Å². The van der Waals surface area contributed by atoms with Crippen molar-refractivity contribution in [3.63, 3.8) is 0 Å². The van der Waals surface area contributed by atoms with Crippen LogP contribution in [0.1, 0.15) is 5.56 Å². The van der Waals surface area contributed by atoms with Gasteiger partial charge in [0.05, 0.1) is 5.75 Å². The number of nitrogens with zero attached hydrogens (tertiary/aromatic N) is 3. The Hall–Kier alpha value is -2.81.